The maximum absolute atomic E-state index is 9.05. The van der Waals surface area contributed by atoms with E-state index < -0.39 is 5.60 Å². The molecule has 1 aliphatic rings. The summed E-state index contributed by atoms with van der Waals surface area (Å²) >= 11 is 0. The van der Waals surface area contributed by atoms with E-state index in [-0.39, 0.29) is 6.61 Å². The largest absolute Gasteiger partial charge is 0.497 e. The highest BCUT2D eigenvalue weighted by Gasteiger charge is 2.26. The topological polar surface area (TPSA) is 38.7 Å². The molecule has 0 aromatic rings. The molecule has 0 aromatic heterocycles. The second-order valence-corrected chi connectivity index (χ2v) is 2.78. The van der Waals surface area contributed by atoms with Crippen LogP contribution in [0.1, 0.15) is 6.42 Å². The van der Waals surface area contributed by atoms with Crippen molar-refractivity contribution in [1.29, 1.82) is 0 Å². The molecule has 0 saturated carbocycles. The van der Waals surface area contributed by atoms with E-state index in [9.17, 15) is 0 Å². The maximum atomic E-state index is 9.05. The van der Waals surface area contributed by atoms with Gasteiger partial charge in [-0.1, -0.05) is 0 Å². The zero-order valence-corrected chi connectivity index (χ0v) is 7.41. The molecule has 0 spiro atoms. The molecule has 0 aromatic carbocycles. The lowest BCUT2D eigenvalue weighted by atomic mass is 9.95. The van der Waals surface area contributed by atoms with Crippen LogP contribution in [0.2, 0.25) is 0 Å². The normalized spacial score (nSPS) is 28.4. The first-order valence-electron chi connectivity index (χ1n) is 3.86. The van der Waals surface area contributed by atoms with Gasteiger partial charge in [0.15, 0.2) is 0 Å². The standard InChI is InChI=1S/C9H14O3/c1-11-8-3-5-9(7-10,12-2)6-4-8/h3-5,10H,6-7H2,1-2H3. The second kappa shape index (κ2) is 3.74. The molecular formula is C9H14O3. The third-order valence-corrected chi connectivity index (χ3v) is 2.11. The van der Waals surface area contributed by atoms with Gasteiger partial charge in [0, 0.05) is 13.5 Å². The first-order valence-corrected chi connectivity index (χ1v) is 3.86. The van der Waals surface area contributed by atoms with Gasteiger partial charge in [0.2, 0.25) is 0 Å². The van der Waals surface area contributed by atoms with Gasteiger partial charge in [-0.2, -0.15) is 0 Å². The number of hydrogen-bond donors (Lipinski definition) is 1. The van der Waals surface area contributed by atoms with Crippen LogP contribution in [0.3, 0.4) is 0 Å². The van der Waals surface area contributed by atoms with Crippen LogP contribution in [-0.4, -0.2) is 31.5 Å². The molecule has 1 N–H and O–H groups in total. The van der Waals surface area contributed by atoms with Crippen LogP contribution in [0, 0.1) is 0 Å². The Bertz CT molecular complexity index is 202. The third-order valence-electron chi connectivity index (χ3n) is 2.11. The zero-order chi connectivity index (χ0) is 9.03. The summed E-state index contributed by atoms with van der Waals surface area (Å²) in [5, 5.41) is 9.05. The minimum absolute atomic E-state index is 0.00645. The lowest BCUT2D eigenvalue weighted by molar-refractivity contribution is -0.0137. The Labute approximate surface area is 72.3 Å². The van der Waals surface area contributed by atoms with Crippen LogP contribution < -0.4 is 0 Å². The van der Waals surface area contributed by atoms with Gasteiger partial charge in [0.1, 0.15) is 11.4 Å². The van der Waals surface area contributed by atoms with Crippen LogP contribution in [0.15, 0.2) is 24.0 Å². The number of hydrogen-bond acceptors (Lipinski definition) is 3. The predicted molar refractivity (Wildman–Crippen MR) is 45.7 cm³/mol. The van der Waals surface area contributed by atoms with Crippen molar-refractivity contribution in [3.05, 3.63) is 24.0 Å². The van der Waals surface area contributed by atoms with Crippen molar-refractivity contribution in [3.8, 4) is 0 Å². The van der Waals surface area contributed by atoms with E-state index in [0.29, 0.717) is 6.42 Å². The van der Waals surface area contributed by atoms with E-state index in [4.69, 9.17) is 14.6 Å². The Morgan fingerprint density at radius 2 is 2.33 bits per heavy atom. The van der Waals surface area contributed by atoms with E-state index in [2.05, 4.69) is 0 Å². The van der Waals surface area contributed by atoms with Gasteiger partial charge < -0.3 is 14.6 Å². The van der Waals surface area contributed by atoms with E-state index in [1.807, 2.05) is 18.2 Å². The van der Waals surface area contributed by atoms with Gasteiger partial charge in [-0.05, 0) is 18.2 Å². The van der Waals surface area contributed by atoms with Gasteiger partial charge in [-0.15, -0.1) is 0 Å². The van der Waals surface area contributed by atoms with E-state index in [1.165, 1.54) is 0 Å². The minimum atomic E-state index is -0.540. The van der Waals surface area contributed by atoms with Crippen LogP contribution >= 0.6 is 0 Å². The molecular weight excluding hydrogens is 156 g/mol. The monoisotopic (exact) mass is 170 g/mol. The summed E-state index contributed by atoms with van der Waals surface area (Å²) in [5.41, 5.74) is -0.540. The van der Waals surface area contributed by atoms with Crippen molar-refractivity contribution in [2.75, 3.05) is 20.8 Å². The minimum Gasteiger partial charge on any atom is -0.497 e. The zero-order valence-electron chi connectivity index (χ0n) is 7.41. The number of aliphatic hydroxyl groups excluding tert-OH is 1. The highest BCUT2D eigenvalue weighted by molar-refractivity contribution is 5.23. The summed E-state index contributed by atoms with van der Waals surface area (Å²) < 4.78 is 10.2. The van der Waals surface area contributed by atoms with Crippen molar-refractivity contribution in [2.24, 2.45) is 0 Å². The summed E-state index contributed by atoms with van der Waals surface area (Å²) in [6, 6.07) is 0. The molecule has 1 rings (SSSR count). The average Bonchev–Trinajstić information content (AvgIpc) is 2.18. The summed E-state index contributed by atoms with van der Waals surface area (Å²) in [6.45, 7) is -0.00645. The van der Waals surface area contributed by atoms with Crippen molar-refractivity contribution in [3.63, 3.8) is 0 Å². The van der Waals surface area contributed by atoms with Gasteiger partial charge >= 0.3 is 0 Å². The van der Waals surface area contributed by atoms with Crippen LogP contribution in [0.4, 0.5) is 0 Å². The summed E-state index contributed by atoms with van der Waals surface area (Å²) in [7, 11) is 3.21. The Balaban J connectivity index is 2.67. The van der Waals surface area contributed by atoms with Gasteiger partial charge in [0.25, 0.3) is 0 Å². The number of allylic oxidation sites excluding steroid dienone is 1. The lowest BCUT2D eigenvalue weighted by Gasteiger charge is -2.28. The second-order valence-electron chi connectivity index (χ2n) is 2.78. The van der Waals surface area contributed by atoms with Crippen LogP contribution in [0.5, 0.6) is 0 Å². The fraction of sp³-hybridized carbons (Fsp3) is 0.556. The van der Waals surface area contributed by atoms with E-state index in [1.54, 1.807) is 14.2 Å². The molecule has 1 unspecified atom stereocenters. The number of methoxy groups -OCH3 is 2. The van der Waals surface area contributed by atoms with Crippen molar-refractivity contribution < 1.29 is 14.6 Å². The quantitative estimate of drug-likeness (QED) is 0.682. The number of aliphatic hydroxyl groups is 1. The first-order chi connectivity index (χ1) is 5.76. The summed E-state index contributed by atoms with van der Waals surface area (Å²) in [6.07, 6.45) is 6.19. The summed E-state index contributed by atoms with van der Waals surface area (Å²) in [4.78, 5) is 0. The molecule has 3 nitrogen and oxygen atoms in total. The molecule has 0 heterocycles. The Hall–Kier alpha value is -0.800. The van der Waals surface area contributed by atoms with Gasteiger partial charge in [0.05, 0.1) is 13.7 Å². The molecule has 0 aliphatic heterocycles. The Morgan fingerprint density at radius 3 is 2.67 bits per heavy atom. The van der Waals surface area contributed by atoms with Gasteiger partial charge in [-0.3, -0.25) is 0 Å². The number of ether oxygens (including phenoxy) is 2. The van der Waals surface area contributed by atoms with Crippen molar-refractivity contribution in [1.82, 2.24) is 0 Å². The molecule has 0 amide bonds. The molecule has 0 bridgehead atoms. The molecule has 0 saturated heterocycles. The summed E-state index contributed by atoms with van der Waals surface area (Å²) in [5.74, 6) is 0.816. The first kappa shape index (κ1) is 9.29. The predicted octanol–water partition coefficient (Wildman–Crippen LogP) is 0.854. The Morgan fingerprint density at radius 1 is 1.58 bits per heavy atom. The number of rotatable bonds is 3. The molecule has 1 atom stereocenters. The van der Waals surface area contributed by atoms with Gasteiger partial charge in [-0.25, -0.2) is 0 Å². The molecule has 1 aliphatic carbocycles. The van der Waals surface area contributed by atoms with Crippen LogP contribution in [-0.2, 0) is 9.47 Å². The maximum Gasteiger partial charge on any atom is 0.114 e. The average molecular weight is 170 g/mol. The van der Waals surface area contributed by atoms with Crippen molar-refractivity contribution in [2.45, 2.75) is 12.0 Å². The molecule has 12 heavy (non-hydrogen) atoms. The fourth-order valence-electron chi connectivity index (χ4n) is 1.13. The molecule has 68 valence electrons. The highest BCUT2D eigenvalue weighted by Crippen LogP contribution is 2.23. The van der Waals surface area contributed by atoms with Crippen LogP contribution in [0.25, 0.3) is 0 Å². The Kier molecular flexibility index (Phi) is 2.89. The smallest absolute Gasteiger partial charge is 0.114 e. The van der Waals surface area contributed by atoms with Crippen molar-refractivity contribution >= 4 is 0 Å². The van der Waals surface area contributed by atoms with E-state index >= 15 is 0 Å². The highest BCUT2D eigenvalue weighted by atomic mass is 16.5. The fourth-order valence-corrected chi connectivity index (χ4v) is 1.13. The molecule has 0 radical (unpaired) electrons. The molecule has 3 heteroatoms. The molecule has 0 fully saturated rings. The lowest BCUT2D eigenvalue weighted by Crippen LogP contribution is -2.34. The SMILES string of the molecule is COC1=CCC(CO)(OC)C=C1. The third kappa shape index (κ3) is 1.68. The van der Waals surface area contributed by atoms with E-state index in [0.717, 1.165) is 5.76 Å².